The van der Waals surface area contributed by atoms with Crippen LogP contribution in [0.3, 0.4) is 0 Å². The third-order valence-electron chi connectivity index (χ3n) is 3.06. The second kappa shape index (κ2) is 9.79. The number of carbonyl (C=O) groups is 1. The molecule has 0 aromatic heterocycles. The number of hydrogen-bond donors (Lipinski definition) is 1. The van der Waals surface area contributed by atoms with Gasteiger partial charge in [-0.25, -0.2) is 0 Å². The minimum Gasteiger partial charge on any atom is -0.493 e. The van der Waals surface area contributed by atoms with Crippen molar-refractivity contribution in [2.75, 3.05) is 27.2 Å². The fourth-order valence-corrected chi connectivity index (χ4v) is 2.26. The van der Waals surface area contributed by atoms with Crippen molar-refractivity contribution in [3.05, 3.63) is 28.2 Å². The average Bonchev–Trinajstić information content (AvgIpc) is 2.45. The van der Waals surface area contributed by atoms with E-state index in [1.807, 2.05) is 12.1 Å². The Balaban J connectivity index is 2.47. The van der Waals surface area contributed by atoms with Gasteiger partial charge in [0.1, 0.15) is 5.75 Å². The summed E-state index contributed by atoms with van der Waals surface area (Å²) in [5.41, 5.74) is 1.14. The first-order valence-corrected chi connectivity index (χ1v) is 8.16. The lowest BCUT2D eigenvalue weighted by Crippen LogP contribution is -2.21. The van der Waals surface area contributed by atoms with Crippen LogP contribution in [0.4, 0.5) is 0 Å². The number of carbonyl (C=O) groups excluding carboxylic acids is 1. The number of ether oxygens (including phenoxy) is 1. The van der Waals surface area contributed by atoms with Crippen LogP contribution in [-0.2, 0) is 11.3 Å². The average molecular weight is 357 g/mol. The van der Waals surface area contributed by atoms with Gasteiger partial charge in [-0.15, -0.1) is 0 Å². The number of benzene rings is 1. The lowest BCUT2D eigenvalue weighted by Gasteiger charge is -2.13. The van der Waals surface area contributed by atoms with Crippen LogP contribution in [0.15, 0.2) is 22.7 Å². The highest BCUT2D eigenvalue weighted by atomic mass is 79.9. The maximum absolute atomic E-state index is 11.5. The molecule has 1 aromatic rings. The van der Waals surface area contributed by atoms with Crippen LogP contribution in [0.5, 0.6) is 5.75 Å². The smallest absolute Gasteiger partial charge is 0.222 e. The highest BCUT2D eigenvalue weighted by molar-refractivity contribution is 9.10. The number of amides is 1. The molecule has 0 atom stereocenters. The Morgan fingerprint density at radius 3 is 2.81 bits per heavy atom. The molecule has 1 amide bonds. The van der Waals surface area contributed by atoms with Crippen molar-refractivity contribution >= 4 is 21.8 Å². The van der Waals surface area contributed by atoms with Crippen molar-refractivity contribution in [3.63, 3.8) is 0 Å². The number of hydrogen-bond acceptors (Lipinski definition) is 3. The molecule has 0 aliphatic rings. The minimum atomic E-state index is 0.138. The van der Waals surface area contributed by atoms with E-state index < -0.39 is 0 Å². The molecular formula is C16H25BrN2O2. The molecule has 0 bridgehead atoms. The van der Waals surface area contributed by atoms with E-state index in [1.54, 1.807) is 19.0 Å². The molecule has 0 radical (unpaired) electrons. The largest absolute Gasteiger partial charge is 0.493 e. The molecule has 0 heterocycles. The van der Waals surface area contributed by atoms with Gasteiger partial charge >= 0.3 is 0 Å². The van der Waals surface area contributed by atoms with E-state index in [4.69, 9.17) is 4.74 Å². The first kappa shape index (κ1) is 18.0. The minimum absolute atomic E-state index is 0.138. The van der Waals surface area contributed by atoms with E-state index in [0.29, 0.717) is 13.0 Å². The van der Waals surface area contributed by atoms with Gasteiger partial charge in [0.05, 0.1) is 6.61 Å². The molecule has 0 aliphatic heterocycles. The van der Waals surface area contributed by atoms with Crippen LogP contribution >= 0.6 is 15.9 Å². The normalized spacial score (nSPS) is 10.5. The van der Waals surface area contributed by atoms with Gasteiger partial charge in [0.15, 0.2) is 0 Å². The molecule has 0 spiro atoms. The first-order valence-electron chi connectivity index (χ1n) is 7.36. The SMILES string of the molecule is CCCNCc1cc(Br)ccc1OCCCC(=O)N(C)C. The van der Waals surface area contributed by atoms with E-state index in [1.165, 1.54) is 0 Å². The van der Waals surface area contributed by atoms with E-state index in [2.05, 4.69) is 34.2 Å². The van der Waals surface area contributed by atoms with E-state index in [-0.39, 0.29) is 5.91 Å². The van der Waals surface area contributed by atoms with Crippen LogP contribution in [0.1, 0.15) is 31.7 Å². The van der Waals surface area contributed by atoms with Gasteiger partial charge in [-0.3, -0.25) is 4.79 Å². The second-order valence-corrected chi connectivity index (χ2v) is 6.08. The number of halogens is 1. The maximum Gasteiger partial charge on any atom is 0.222 e. The summed E-state index contributed by atoms with van der Waals surface area (Å²) in [7, 11) is 3.55. The quantitative estimate of drug-likeness (QED) is 0.690. The van der Waals surface area contributed by atoms with Crippen molar-refractivity contribution in [1.29, 1.82) is 0 Å². The summed E-state index contributed by atoms with van der Waals surface area (Å²) in [5.74, 6) is 1.03. The standard InChI is InChI=1S/C16H25BrN2O2/c1-4-9-18-12-13-11-14(17)7-8-15(13)21-10-5-6-16(20)19(2)3/h7-8,11,18H,4-6,9-10,12H2,1-3H3. The van der Waals surface area contributed by atoms with Gasteiger partial charge in [0.25, 0.3) is 0 Å². The summed E-state index contributed by atoms with van der Waals surface area (Å²) in [5, 5.41) is 3.38. The summed E-state index contributed by atoms with van der Waals surface area (Å²) in [6, 6.07) is 6.02. The Labute approximate surface area is 136 Å². The lowest BCUT2D eigenvalue weighted by molar-refractivity contribution is -0.128. The van der Waals surface area contributed by atoms with E-state index >= 15 is 0 Å². The Hall–Kier alpha value is -1.07. The van der Waals surface area contributed by atoms with Crippen LogP contribution in [0.25, 0.3) is 0 Å². The Morgan fingerprint density at radius 1 is 1.38 bits per heavy atom. The van der Waals surface area contributed by atoms with Gasteiger partial charge in [-0.1, -0.05) is 22.9 Å². The van der Waals surface area contributed by atoms with Crippen molar-refractivity contribution in [3.8, 4) is 5.75 Å². The van der Waals surface area contributed by atoms with Crippen LogP contribution < -0.4 is 10.1 Å². The van der Waals surface area contributed by atoms with Gasteiger partial charge in [-0.05, 0) is 37.6 Å². The molecule has 118 valence electrons. The van der Waals surface area contributed by atoms with E-state index in [9.17, 15) is 4.79 Å². The third kappa shape index (κ3) is 6.96. The highest BCUT2D eigenvalue weighted by Gasteiger charge is 2.06. The monoisotopic (exact) mass is 356 g/mol. The second-order valence-electron chi connectivity index (χ2n) is 5.17. The van der Waals surface area contributed by atoms with Gasteiger partial charge in [0.2, 0.25) is 5.91 Å². The van der Waals surface area contributed by atoms with Crippen LogP contribution in [0.2, 0.25) is 0 Å². The van der Waals surface area contributed by atoms with Gasteiger partial charge in [-0.2, -0.15) is 0 Å². The van der Waals surface area contributed by atoms with Crippen molar-refractivity contribution in [2.45, 2.75) is 32.7 Å². The van der Waals surface area contributed by atoms with Crippen molar-refractivity contribution in [1.82, 2.24) is 10.2 Å². The summed E-state index contributed by atoms with van der Waals surface area (Å²) < 4.78 is 6.87. The van der Waals surface area contributed by atoms with Crippen molar-refractivity contribution in [2.24, 2.45) is 0 Å². The molecule has 0 saturated carbocycles. The number of rotatable bonds is 9. The summed E-state index contributed by atoms with van der Waals surface area (Å²) >= 11 is 3.49. The zero-order valence-corrected chi connectivity index (χ0v) is 14.7. The third-order valence-corrected chi connectivity index (χ3v) is 3.55. The molecule has 0 unspecified atom stereocenters. The molecule has 1 aromatic carbocycles. The number of nitrogens with one attached hydrogen (secondary N) is 1. The molecule has 1 rings (SSSR count). The van der Waals surface area contributed by atoms with Crippen molar-refractivity contribution < 1.29 is 9.53 Å². The summed E-state index contributed by atoms with van der Waals surface area (Å²) in [4.78, 5) is 13.1. The zero-order valence-electron chi connectivity index (χ0n) is 13.1. The topological polar surface area (TPSA) is 41.6 Å². The molecule has 5 heteroatoms. The lowest BCUT2D eigenvalue weighted by atomic mass is 10.2. The molecule has 21 heavy (non-hydrogen) atoms. The van der Waals surface area contributed by atoms with E-state index in [0.717, 1.165) is 41.7 Å². The predicted molar refractivity (Wildman–Crippen MR) is 89.6 cm³/mol. The summed E-state index contributed by atoms with van der Waals surface area (Å²) in [6.45, 7) is 4.48. The molecule has 4 nitrogen and oxygen atoms in total. The Morgan fingerprint density at radius 2 is 2.14 bits per heavy atom. The first-order chi connectivity index (χ1) is 10.0. The highest BCUT2D eigenvalue weighted by Crippen LogP contribution is 2.23. The predicted octanol–water partition coefficient (Wildman–Crippen LogP) is 3.20. The molecular weight excluding hydrogens is 332 g/mol. The molecule has 0 aliphatic carbocycles. The molecule has 1 N–H and O–H groups in total. The molecule has 0 saturated heterocycles. The molecule has 0 fully saturated rings. The van der Waals surface area contributed by atoms with Gasteiger partial charge in [0, 0.05) is 37.1 Å². The fourth-order valence-electron chi connectivity index (χ4n) is 1.86. The number of nitrogens with zero attached hydrogens (tertiary/aromatic N) is 1. The van der Waals surface area contributed by atoms with Crippen LogP contribution in [-0.4, -0.2) is 38.1 Å². The van der Waals surface area contributed by atoms with Gasteiger partial charge < -0.3 is 15.0 Å². The Bertz CT molecular complexity index is 450. The zero-order chi connectivity index (χ0) is 15.7. The summed E-state index contributed by atoms with van der Waals surface area (Å²) in [6.07, 6.45) is 2.36. The Kier molecular flexibility index (Phi) is 8.38. The maximum atomic E-state index is 11.5. The van der Waals surface area contributed by atoms with Crippen LogP contribution in [0, 0.1) is 0 Å². The fraction of sp³-hybridized carbons (Fsp3) is 0.562.